The number of carbonyl (C=O) groups excluding carboxylic acids is 6. The van der Waals surface area contributed by atoms with Gasteiger partial charge in [0.25, 0.3) is 11.8 Å². The van der Waals surface area contributed by atoms with Gasteiger partial charge in [0.1, 0.15) is 40.1 Å². The lowest BCUT2D eigenvalue weighted by atomic mass is 10.0. The van der Waals surface area contributed by atoms with E-state index < -0.39 is 58.5 Å². The molecule has 7 aromatic rings. The number of ether oxygens (including phenoxy) is 6. The van der Waals surface area contributed by atoms with Crippen LogP contribution in [0.3, 0.4) is 0 Å². The van der Waals surface area contributed by atoms with Gasteiger partial charge < -0.3 is 89.3 Å². The summed E-state index contributed by atoms with van der Waals surface area (Å²) < 4.78 is 90.2. The molecule has 17 rings (SSSR count). The minimum Gasteiger partial charge on any atom is -0.467 e. The zero-order chi connectivity index (χ0) is 97.3. The molecular weight excluding hydrogens is 2340 g/mol. The van der Waals surface area contributed by atoms with Crippen molar-refractivity contribution in [2.24, 2.45) is 10.8 Å². The van der Waals surface area contributed by atoms with E-state index in [9.17, 15) is 46.3 Å². The SMILES string of the molecule is CC(C)(C)OC(=O)NC1CN(c2nnc(Br)s2)CC1(F)F.CC(C)(C)OC(=O)N[C@@H]1CCN(c2nnc(Br)s2)C1.CC(C)(C)OC(=O)N[C@@H]1CN(c2nnc(Br)s2)CC12CC2.CC(C)(C)OC(=O)N[C@H]1CCN(c2nnc(Br)s2)C1.CC(C)(C)OC(=O)N[C@H]1CN(c2nnc(Br)s2)CC12CC2.COC(=O)[C@@H]1CCCN1c1nnc(Br)s1.FC1(F)CCN(C2CN(c3nnc(Br)s3)C2)C1. The van der Waals surface area contributed by atoms with Crippen molar-refractivity contribution in [3.05, 3.63) is 27.4 Å². The second-order valence-electron chi connectivity index (χ2n) is 37.8. The summed E-state index contributed by atoms with van der Waals surface area (Å²) in [5.41, 5.74) is -2.23. The molecule has 2 saturated carbocycles. The zero-order valence-corrected chi connectivity index (χ0v) is 92.6. The van der Waals surface area contributed by atoms with Gasteiger partial charge in [-0.3, -0.25) is 4.90 Å². The third-order valence-electron chi connectivity index (χ3n) is 21.2. The molecule has 10 fully saturated rings. The number of aromatic nitrogens is 14. The Morgan fingerprint density at radius 2 is 0.647 bits per heavy atom. The average Bonchev–Trinajstić information content (AvgIpc) is 1.58. The summed E-state index contributed by atoms with van der Waals surface area (Å²) in [6, 6.07) is -0.851. The van der Waals surface area contributed by atoms with Gasteiger partial charge in [-0.05, 0) is 267 Å². The van der Waals surface area contributed by atoms with Crippen LogP contribution in [0.1, 0.15) is 162 Å². The molecule has 738 valence electrons. The third-order valence-corrected chi connectivity index (χ3v) is 31.1. The number of carbonyl (C=O) groups is 6. The lowest BCUT2D eigenvalue weighted by Gasteiger charge is -2.43. The molecule has 5 N–H and O–H groups in total. The number of nitrogens with zero attached hydrogens (tertiary/aromatic N) is 22. The summed E-state index contributed by atoms with van der Waals surface area (Å²) in [6.07, 6.45) is 5.89. The van der Waals surface area contributed by atoms with Crippen molar-refractivity contribution < 1.29 is 74.8 Å². The number of alkyl carbamates (subject to hydrolysis) is 5. The van der Waals surface area contributed by atoms with Crippen LogP contribution in [0.15, 0.2) is 27.4 Å². The lowest BCUT2D eigenvalue weighted by molar-refractivity contribution is -0.142. The molecule has 0 radical (unpaired) electrons. The molecule has 39 nitrogen and oxygen atoms in total. The van der Waals surface area contributed by atoms with Crippen LogP contribution in [0.25, 0.3) is 0 Å². The number of anilines is 7. The summed E-state index contributed by atoms with van der Waals surface area (Å²) in [5, 5.41) is 75.3. The van der Waals surface area contributed by atoms with Gasteiger partial charge in [0.15, 0.2) is 27.4 Å². The molecule has 0 bridgehead atoms. The van der Waals surface area contributed by atoms with Gasteiger partial charge in [0.2, 0.25) is 35.9 Å². The molecule has 57 heteroatoms. The maximum Gasteiger partial charge on any atom is 0.408 e. The summed E-state index contributed by atoms with van der Waals surface area (Å²) in [5.74, 6) is -5.75. The van der Waals surface area contributed by atoms with E-state index in [1.54, 1.807) is 20.8 Å². The predicted molar refractivity (Wildman–Crippen MR) is 527 cm³/mol. The molecule has 10 aliphatic rings. The van der Waals surface area contributed by atoms with Gasteiger partial charge in [0.05, 0.1) is 44.4 Å². The highest BCUT2D eigenvalue weighted by atomic mass is 79.9. The Bertz CT molecular complexity index is 4760. The lowest BCUT2D eigenvalue weighted by Crippen LogP contribution is -2.59. The molecule has 15 heterocycles. The van der Waals surface area contributed by atoms with Crippen molar-refractivity contribution >= 4 is 263 Å². The Kier molecular flexibility index (Phi) is 36.7. The van der Waals surface area contributed by atoms with Crippen LogP contribution in [0.2, 0.25) is 0 Å². The molecule has 2 aliphatic carbocycles. The smallest absolute Gasteiger partial charge is 0.408 e. The van der Waals surface area contributed by atoms with Crippen LogP contribution in [0.4, 0.5) is 77.5 Å². The van der Waals surface area contributed by atoms with E-state index in [1.807, 2.05) is 92.9 Å². The standard InChI is InChI=1S/2C13H19BrN4O2S.C11H15BrF2N4O2S.2C11H17BrN4O2S.C9H11BrF2N4S.C8H10BrN3O2S/c2*1-12(2,3)20-11(19)15-8-6-18(7-13(8)4-5-13)10-17-16-9(14)21-10;1-10(2,3)20-9(19)15-6-4-18(5-11(6,13)14)8-17-16-7(12)21-8;2*1-11(2,3)18-10(17)13-7-4-5-16(6-7)9-15-14-8(12)19-9;10-7-13-14-8(17-7)16-3-6(4-16)15-2-1-9(11,12)5-15;1-14-6(13)5-3-2-4-12(5)8-11-10-7(9)15-8/h2*8H,4-7H2,1-3H3,(H,15,19);6H,4-5H2,1-3H3,(H,15,19);2*7H,4-6H2,1-3H3,(H,13,17);6H,1-5H2;5H,2-4H2,1H3/t2*8-;;2*7-;;5-/m10.10.0/s1. The highest BCUT2D eigenvalue weighted by Gasteiger charge is 2.58. The van der Waals surface area contributed by atoms with Crippen molar-refractivity contribution in [1.82, 2.24) is 103 Å². The second kappa shape index (κ2) is 45.3. The molecule has 7 aromatic heterocycles. The molecule has 8 aliphatic heterocycles. The van der Waals surface area contributed by atoms with Crippen LogP contribution in [0.5, 0.6) is 0 Å². The van der Waals surface area contributed by atoms with E-state index in [-0.39, 0.29) is 96.9 Å². The van der Waals surface area contributed by atoms with Crippen molar-refractivity contribution in [3.8, 4) is 0 Å². The fourth-order valence-electron chi connectivity index (χ4n) is 15.0. The number of amides is 5. The Morgan fingerprint density at radius 3 is 0.947 bits per heavy atom. The minimum atomic E-state index is -3.06. The molecule has 1 unspecified atom stereocenters. The van der Waals surface area contributed by atoms with Crippen LogP contribution in [0, 0.1) is 10.8 Å². The maximum absolute atomic E-state index is 14.0. The molecular formula is C76H108Br7F4N27O12S7. The number of nitrogens with one attached hydrogen (secondary N) is 5. The molecule has 6 atom stereocenters. The monoisotopic (exact) mass is 2440 g/mol. The van der Waals surface area contributed by atoms with E-state index in [0.717, 1.165) is 189 Å². The first-order chi connectivity index (χ1) is 62.0. The quantitative estimate of drug-likeness (QED) is 0.0383. The maximum atomic E-state index is 14.0. The van der Waals surface area contributed by atoms with Crippen molar-refractivity contribution in [2.75, 3.05) is 140 Å². The number of hydrogen-bond acceptors (Lipinski definition) is 41. The van der Waals surface area contributed by atoms with Crippen LogP contribution in [-0.4, -0.2) is 300 Å². The normalized spacial score (nSPS) is 21.9. The number of methoxy groups -OCH3 is 1. The topological polar surface area (TPSA) is 424 Å². The predicted octanol–water partition coefficient (Wildman–Crippen LogP) is 16.3. The first kappa shape index (κ1) is 108. The van der Waals surface area contributed by atoms with E-state index in [2.05, 4.69) is 234 Å². The average molecular weight is 2450 g/mol. The number of esters is 1. The molecule has 133 heavy (non-hydrogen) atoms. The van der Waals surface area contributed by atoms with E-state index in [1.165, 1.54) is 80.0 Å². The Morgan fingerprint density at radius 1 is 0.346 bits per heavy atom. The van der Waals surface area contributed by atoms with Gasteiger partial charge in [-0.1, -0.05) is 79.4 Å². The molecule has 5 amide bonds. The highest BCUT2D eigenvalue weighted by molar-refractivity contribution is 9.12. The van der Waals surface area contributed by atoms with Crippen molar-refractivity contribution in [1.29, 1.82) is 0 Å². The van der Waals surface area contributed by atoms with Crippen LogP contribution >= 0.6 is 191 Å². The number of rotatable bonds is 14. The first-order valence-corrected chi connectivity index (χ1v) is 53.5. The van der Waals surface area contributed by atoms with Crippen molar-refractivity contribution in [2.45, 2.75) is 244 Å². The summed E-state index contributed by atoms with van der Waals surface area (Å²) >= 11 is 33.0. The number of likely N-dealkylation sites (tertiary alicyclic amines) is 1. The van der Waals surface area contributed by atoms with Gasteiger partial charge in [-0.15, -0.1) is 71.4 Å². The van der Waals surface area contributed by atoms with Gasteiger partial charge in [-0.25, -0.2) is 46.3 Å². The first-order valence-electron chi connectivity index (χ1n) is 42.3. The highest BCUT2D eigenvalue weighted by Crippen LogP contribution is 2.55. The Balaban J connectivity index is 0.000000150. The van der Waals surface area contributed by atoms with Crippen molar-refractivity contribution in [3.63, 3.8) is 0 Å². The summed E-state index contributed by atoms with van der Waals surface area (Å²) in [7, 11) is 1.41. The second-order valence-corrected chi connectivity index (χ2v) is 53.4. The fourth-order valence-corrected chi connectivity index (χ4v) is 22.8. The molecule has 2 spiro atoms. The Hall–Kier alpha value is -5.62. The number of halogens is 11. The van der Waals surface area contributed by atoms with Crippen LogP contribution in [-0.2, 0) is 33.2 Å². The molecule has 8 saturated heterocycles. The number of alkyl halides is 4. The van der Waals surface area contributed by atoms with Crippen LogP contribution < -0.4 is 60.9 Å². The van der Waals surface area contributed by atoms with E-state index in [4.69, 9.17) is 28.4 Å². The summed E-state index contributed by atoms with van der Waals surface area (Å²) in [4.78, 5) is 86.4. The molecule has 0 aromatic carbocycles. The third kappa shape index (κ3) is 33.3. The minimum absolute atomic E-state index is 0.00610. The van der Waals surface area contributed by atoms with Gasteiger partial charge in [-0.2, -0.15) is 0 Å². The zero-order valence-electron chi connectivity index (χ0n) is 75.8. The Labute approximate surface area is 854 Å². The van der Waals surface area contributed by atoms with E-state index in [0.29, 0.717) is 15.6 Å². The number of hydrogen-bond donors (Lipinski definition) is 5. The van der Waals surface area contributed by atoms with Gasteiger partial charge in [0, 0.05) is 108 Å². The van der Waals surface area contributed by atoms with E-state index >= 15 is 0 Å². The largest absolute Gasteiger partial charge is 0.467 e. The fraction of sp³-hybridized carbons (Fsp3) is 0.737. The van der Waals surface area contributed by atoms with Gasteiger partial charge >= 0.3 is 36.4 Å². The summed E-state index contributed by atoms with van der Waals surface area (Å²) in [6.45, 7) is 36.2.